The fraction of sp³-hybridized carbons (Fsp3) is 0.647. The maximum atomic E-state index is 6.54. The summed E-state index contributed by atoms with van der Waals surface area (Å²) in [5.41, 5.74) is 9.36. The molecule has 3 fully saturated rings. The summed E-state index contributed by atoms with van der Waals surface area (Å²) in [7, 11) is 0. The standard InChI is InChI=1S/C17H23NO/c18-17(15-10-14-7-8-16(15)19-14)13-6-2-5-12(9-13)11-3-1-4-11/h2,5-6,9,11,14-17H,1,3-4,7-8,10,18H2. The van der Waals surface area contributed by atoms with Gasteiger partial charge in [0.25, 0.3) is 0 Å². The Balaban J connectivity index is 1.54. The Bertz CT molecular complexity index is 468. The van der Waals surface area contributed by atoms with Crippen molar-refractivity contribution < 1.29 is 4.74 Å². The van der Waals surface area contributed by atoms with E-state index < -0.39 is 0 Å². The van der Waals surface area contributed by atoms with Crippen LogP contribution in [0.5, 0.6) is 0 Å². The fourth-order valence-electron chi connectivity index (χ4n) is 4.06. The first-order valence-electron chi connectivity index (χ1n) is 7.82. The summed E-state index contributed by atoms with van der Waals surface area (Å²) >= 11 is 0. The maximum absolute atomic E-state index is 6.54. The third kappa shape index (κ3) is 2.02. The van der Waals surface area contributed by atoms with Gasteiger partial charge in [-0.25, -0.2) is 0 Å². The molecule has 19 heavy (non-hydrogen) atoms. The van der Waals surface area contributed by atoms with Crippen LogP contribution in [0.15, 0.2) is 24.3 Å². The summed E-state index contributed by atoms with van der Waals surface area (Å²) in [6, 6.07) is 9.20. The number of hydrogen-bond donors (Lipinski definition) is 1. The lowest BCUT2D eigenvalue weighted by Crippen LogP contribution is -2.29. The lowest BCUT2D eigenvalue weighted by Gasteiger charge is -2.29. The van der Waals surface area contributed by atoms with Crippen molar-refractivity contribution >= 4 is 0 Å². The third-order valence-electron chi connectivity index (χ3n) is 5.49. The molecule has 102 valence electrons. The van der Waals surface area contributed by atoms with Crippen LogP contribution in [-0.2, 0) is 4.74 Å². The Labute approximate surface area is 115 Å². The molecule has 1 saturated carbocycles. The zero-order valence-electron chi connectivity index (χ0n) is 11.4. The Morgan fingerprint density at radius 1 is 1.16 bits per heavy atom. The third-order valence-corrected chi connectivity index (χ3v) is 5.49. The average Bonchev–Trinajstić information content (AvgIpc) is 2.98. The first kappa shape index (κ1) is 11.9. The van der Waals surface area contributed by atoms with Crippen molar-refractivity contribution in [2.45, 2.75) is 62.7 Å². The van der Waals surface area contributed by atoms with Gasteiger partial charge < -0.3 is 10.5 Å². The molecule has 2 heterocycles. The number of ether oxygens (including phenoxy) is 1. The molecule has 0 spiro atoms. The number of nitrogens with two attached hydrogens (primary N) is 1. The molecule has 0 radical (unpaired) electrons. The van der Waals surface area contributed by atoms with E-state index in [9.17, 15) is 0 Å². The van der Waals surface area contributed by atoms with Gasteiger partial charge in [-0.05, 0) is 49.1 Å². The van der Waals surface area contributed by atoms with Gasteiger partial charge in [0.1, 0.15) is 0 Å². The molecule has 2 aliphatic heterocycles. The van der Waals surface area contributed by atoms with Gasteiger partial charge in [-0.2, -0.15) is 0 Å². The highest BCUT2D eigenvalue weighted by Crippen LogP contribution is 2.44. The minimum absolute atomic E-state index is 0.162. The Hall–Kier alpha value is -0.860. The van der Waals surface area contributed by atoms with Gasteiger partial charge in [0.15, 0.2) is 0 Å². The summed E-state index contributed by atoms with van der Waals surface area (Å²) < 4.78 is 5.96. The zero-order chi connectivity index (χ0) is 12.8. The van der Waals surface area contributed by atoms with Crippen molar-refractivity contribution in [1.29, 1.82) is 0 Å². The highest BCUT2D eigenvalue weighted by molar-refractivity contribution is 5.30. The first-order valence-corrected chi connectivity index (χ1v) is 7.82. The van der Waals surface area contributed by atoms with Crippen molar-refractivity contribution in [3.8, 4) is 0 Å². The number of fused-ring (bicyclic) bond motifs is 2. The molecule has 1 aliphatic carbocycles. The molecule has 4 rings (SSSR count). The van der Waals surface area contributed by atoms with E-state index in [1.807, 2.05) is 0 Å². The van der Waals surface area contributed by atoms with E-state index >= 15 is 0 Å². The van der Waals surface area contributed by atoms with Crippen molar-refractivity contribution in [2.75, 3.05) is 0 Å². The van der Waals surface area contributed by atoms with Crippen molar-refractivity contribution in [1.82, 2.24) is 0 Å². The zero-order valence-corrected chi connectivity index (χ0v) is 11.4. The summed E-state index contributed by atoms with van der Waals surface area (Å²) in [5, 5.41) is 0. The van der Waals surface area contributed by atoms with Crippen molar-refractivity contribution in [3.05, 3.63) is 35.4 Å². The SMILES string of the molecule is NC(c1cccc(C2CCC2)c1)C1CC2CCC1O2. The van der Waals surface area contributed by atoms with Crippen LogP contribution >= 0.6 is 0 Å². The van der Waals surface area contributed by atoms with E-state index in [-0.39, 0.29) is 6.04 Å². The predicted octanol–water partition coefficient (Wildman–Crippen LogP) is 3.52. The first-order chi connectivity index (χ1) is 9.31. The predicted molar refractivity (Wildman–Crippen MR) is 76.0 cm³/mol. The smallest absolute Gasteiger partial charge is 0.0627 e. The van der Waals surface area contributed by atoms with Crippen LogP contribution < -0.4 is 5.73 Å². The molecule has 3 aliphatic rings. The highest BCUT2D eigenvalue weighted by Gasteiger charge is 2.43. The summed E-state index contributed by atoms with van der Waals surface area (Å²) in [6.45, 7) is 0. The van der Waals surface area contributed by atoms with Crippen LogP contribution in [0.4, 0.5) is 0 Å². The van der Waals surface area contributed by atoms with E-state index in [1.54, 1.807) is 0 Å². The van der Waals surface area contributed by atoms with E-state index in [0.29, 0.717) is 18.1 Å². The minimum atomic E-state index is 0.162. The molecule has 2 N–H and O–H groups in total. The molecule has 0 aromatic heterocycles. The van der Waals surface area contributed by atoms with Crippen LogP contribution in [0.2, 0.25) is 0 Å². The number of benzene rings is 1. The number of rotatable bonds is 3. The Kier molecular flexibility index (Phi) is 2.89. The molecule has 1 aromatic rings. The highest BCUT2D eigenvalue weighted by atomic mass is 16.5. The van der Waals surface area contributed by atoms with E-state index in [4.69, 9.17) is 10.5 Å². The largest absolute Gasteiger partial charge is 0.375 e. The van der Waals surface area contributed by atoms with E-state index in [0.717, 1.165) is 5.92 Å². The Morgan fingerprint density at radius 3 is 2.68 bits per heavy atom. The Morgan fingerprint density at radius 2 is 2.05 bits per heavy atom. The van der Waals surface area contributed by atoms with Gasteiger partial charge >= 0.3 is 0 Å². The van der Waals surface area contributed by atoms with Crippen molar-refractivity contribution in [3.63, 3.8) is 0 Å². The molecular formula is C17H23NO. The van der Waals surface area contributed by atoms with Crippen LogP contribution in [-0.4, -0.2) is 12.2 Å². The molecular weight excluding hydrogens is 234 g/mol. The quantitative estimate of drug-likeness (QED) is 0.899. The molecule has 2 bridgehead atoms. The van der Waals surface area contributed by atoms with E-state index in [1.165, 1.54) is 49.7 Å². The normalized spacial score (nSPS) is 35.3. The van der Waals surface area contributed by atoms with Gasteiger partial charge in [0.05, 0.1) is 12.2 Å². The lowest BCUT2D eigenvalue weighted by molar-refractivity contribution is 0.0884. The lowest BCUT2D eigenvalue weighted by atomic mass is 9.77. The summed E-state index contributed by atoms with van der Waals surface area (Å²) in [6.07, 6.45) is 8.65. The van der Waals surface area contributed by atoms with Crippen LogP contribution in [0.1, 0.15) is 61.6 Å². The summed E-state index contributed by atoms with van der Waals surface area (Å²) in [5.74, 6) is 1.33. The second kappa shape index (κ2) is 4.60. The fourth-order valence-corrected chi connectivity index (χ4v) is 4.06. The van der Waals surface area contributed by atoms with Crippen molar-refractivity contribution in [2.24, 2.45) is 11.7 Å². The van der Waals surface area contributed by atoms with Gasteiger partial charge in [0, 0.05) is 12.0 Å². The van der Waals surface area contributed by atoms with Crippen LogP contribution in [0.3, 0.4) is 0 Å². The van der Waals surface area contributed by atoms with Crippen LogP contribution in [0.25, 0.3) is 0 Å². The van der Waals surface area contributed by atoms with Crippen LogP contribution in [0, 0.1) is 5.92 Å². The molecule has 0 amide bonds. The monoisotopic (exact) mass is 257 g/mol. The second-order valence-electron chi connectivity index (χ2n) is 6.60. The molecule has 1 aromatic carbocycles. The summed E-state index contributed by atoms with van der Waals surface area (Å²) in [4.78, 5) is 0. The minimum Gasteiger partial charge on any atom is -0.375 e. The maximum Gasteiger partial charge on any atom is 0.0627 e. The second-order valence-corrected chi connectivity index (χ2v) is 6.60. The molecule has 4 unspecified atom stereocenters. The molecule has 4 atom stereocenters. The van der Waals surface area contributed by atoms with Gasteiger partial charge in [-0.1, -0.05) is 30.7 Å². The topological polar surface area (TPSA) is 35.2 Å². The molecule has 2 heteroatoms. The van der Waals surface area contributed by atoms with Gasteiger partial charge in [0.2, 0.25) is 0 Å². The van der Waals surface area contributed by atoms with Gasteiger partial charge in [-0.3, -0.25) is 0 Å². The van der Waals surface area contributed by atoms with E-state index in [2.05, 4.69) is 24.3 Å². The van der Waals surface area contributed by atoms with Gasteiger partial charge in [-0.15, -0.1) is 0 Å². The molecule has 2 saturated heterocycles. The molecule has 2 nitrogen and oxygen atoms in total. The average molecular weight is 257 g/mol. The number of hydrogen-bond acceptors (Lipinski definition) is 2.